The van der Waals surface area contributed by atoms with Crippen molar-refractivity contribution in [1.82, 2.24) is 25.1 Å². The van der Waals surface area contributed by atoms with Crippen LogP contribution in [0.25, 0.3) is 5.69 Å². The lowest BCUT2D eigenvalue weighted by molar-refractivity contribution is 0.0689. The van der Waals surface area contributed by atoms with Crippen molar-refractivity contribution in [2.45, 2.75) is 45.6 Å². The summed E-state index contributed by atoms with van der Waals surface area (Å²) in [6.07, 6.45) is 5.94. The Morgan fingerprint density at radius 2 is 2.28 bits per heavy atom. The molecule has 2 aromatic rings. The number of ether oxygens (including phenoxy) is 1. The Kier molecular flexibility index (Phi) is 5.31. The standard InChI is InChI=1S/C18H25N5O2/c1-4-6-13(2)15-7-5-10-22(15)18(24)14-8-9-17(25-3)16(11-14)23-12-19-20-21-23/h8-9,11-13,15H,4-7,10H2,1-3H3/t13-,15-/m1/s1. The van der Waals surface area contributed by atoms with E-state index in [4.69, 9.17) is 4.74 Å². The van der Waals surface area contributed by atoms with E-state index in [1.165, 1.54) is 11.0 Å². The smallest absolute Gasteiger partial charge is 0.254 e. The number of aromatic nitrogens is 4. The Hall–Kier alpha value is -2.44. The van der Waals surface area contributed by atoms with Gasteiger partial charge in [0.25, 0.3) is 5.91 Å². The zero-order chi connectivity index (χ0) is 17.8. The first kappa shape index (κ1) is 17.4. The fraction of sp³-hybridized carbons (Fsp3) is 0.556. The molecule has 1 fully saturated rings. The number of hydrogen-bond donors (Lipinski definition) is 0. The number of rotatable bonds is 6. The summed E-state index contributed by atoms with van der Waals surface area (Å²) in [5.41, 5.74) is 1.30. The van der Waals surface area contributed by atoms with Crippen LogP contribution in [0.5, 0.6) is 5.75 Å². The lowest BCUT2D eigenvalue weighted by atomic mass is 9.94. The molecule has 134 valence electrons. The molecule has 1 aromatic heterocycles. The molecule has 1 aliphatic heterocycles. The zero-order valence-electron chi connectivity index (χ0n) is 15.1. The topological polar surface area (TPSA) is 73.1 Å². The van der Waals surface area contributed by atoms with E-state index in [0.29, 0.717) is 29.0 Å². The quantitative estimate of drug-likeness (QED) is 0.806. The van der Waals surface area contributed by atoms with E-state index in [1.54, 1.807) is 19.2 Å². The van der Waals surface area contributed by atoms with Crippen molar-refractivity contribution in [3.8, 4) is 11.4 Å². The molecule has 25 heavy (non-hydrogen) atoms. The van der Waals surface area contributed by atoms with Gasteiger partial charge in [-0.15, -0.1) is 5.10 Å². The molecule has 7 heteroatoms. The minimum Gasteiger partial charge on any atom is -0.494 e. The molecule has 0 unspecified atom stereocenters. The van der Waals surface area contributed by atoms with Crippen molar-refractivity contribution in [3.63, 3.8) is 0 Å². The van der Waals surface area contributed by atoms with Gasteiger partial charge in [-0.05, 0) is 53.8 Å². The average Bonchev–Trinajstić information content (AvgIpc) is 3.32. The van der Waals surface area contributed by atoms with Gasteiger partial charge in [0.15, 0.2) is 0 Å². The predicted molar refractivity (Wildman–Crippen MR) is 93.8 cm³/mol. The molecule has 0 spiro atoms. The number of carbonyl (C=O) groups is 1. The maximum Gasteiger partial charge on any atom is 0.254 e. The van der Waals surface area contributed by atoms with E-state index < -0.39 is 0 Å². The van der Waals surface area contributed by atoms with Gasteiger partial charge in [0, 0.05) is 18.2 Å². The number of amides is 1. The van der Waals surface area contributed by atoms with Crippen LogP contribution >= 0.6 is 0 Å². The third-order valence-corrected chi connectivity index (χ3v) is 4.98. The van der Waals surface area contributed by atoms with Crippen LogP contribution in [-0.4, -0.2) is 50.7 Å². The monoisotopic (exact) mass is 343 g/mol. The van der Waals surface area contributed by atoms with Gasteiger partial charge in [-0.1, -0.05) is 20.3 Å². The van der Waals surface area contributed by atoms with E-state index in [2.05, 4.69) is 29.4 Å². The van der Waals surface area contributed by atoms with E-state index in [9.17, 15) is 4.79 Å². The molecular formula is C18H25N5O2. The second-order valence-electron chi connectivity index (χ2n) is 6.62. The normalized spacial score (nSPS) is 18.4. The molecule has 0 N–H and O–H groups in total. The molecule has 2 heterocycles. The third kappa shape index (κ3) is 3.50. The summed E-state index contributed by atoms with van der Waals surface area (Å²) in [6.45, 7) is 5.27. The highest BCUT2D eigenvalue weighted by Crippen LogP contribution is 2.30. The molecule has 3 rings (SSSR count). The zero-order valence-corrected chi connectivity index (χ0v) is 15.1. The fourth-order valence-electron chi connectivity index (χ4n) is 3.72. The van der Waals surface area contributed by atoms with Crippen LogP contribution in [0, 0.1) is 5.92 Å². The Morgan fingerprint density at radius 3 is 2.96 bits per heavy atom. The highest BCUT2D eigenvalue weighted by Gasteiger charge is 2.33. The number of likely N-dealkylation sites (tertiary alicyclic amines) is 1. The first-order valence-electron chi connectivity index (χ1n) is 8.88. The minimum absolute atomic E-state index is 0.0717. The molecule has 1 amide bonds. The average molecular weight is 343 g/mol. The summed E-state index contributed by atoms with van der Waals surface area (Å²) in [6, 6.07) is 5.74. The molecule has 0 bridgehead atoms. The SMILES string of the molecule is CCC[C@@H](C)[C@H]1CCCN1C(=O)c1ccc(OC)c(-n2cnnn2)c1. The molecule has 1 saturated heterocycles. The van der Waals surface area contributed by atoms with Gasteiger partial charge in [-0.2, -0.15) is 4.68 Å². The van der Waals surface area contributed by atoms with Crippen molar-refractivity contribution in [3.05, 3.63) is 30.1 Å². The van der Waals surface area contributed by atoms with E-state index >= 15 is 0 Å². The number of benzene rings is 1. The number of carbonyl (C=O) groups excluding carboxylic acids is 1. The van der Waals surface area contributed by atoms with Crippen LogP contribution in [0.15, 0.2) is 24.5 Å². The Labute approximate surface area is 148 Å². The largest absolute Gasteiger partial charge is 0.494 e. The van der Waals surface area contributed by atoms with Crippen LogP contribution in [0.2, 0.25) is 0 Å². The predicted octanol–water partition coefficient (Wildman–Crippen LogP) is 2.71. The second-order valence-corrected chi connectivity index (χ2v) is 6.62. The number of methoxy groups -OCH3 is 1. The molecular weight excluding hydrogens is 318 g/mol. The highest BCUT2D eigenvalue weighted by molar-refractivity contribution is 5.95. The lowest BCUT2D eigenvalue weighted by Gasteiger charge is -2.30. The van der Waals surface area contributed by atoms with E-state index in [0.717, 1.165) is 32.2 Å². The Bertz CT molecular complexity index is 716. The van der Waals surface area contributed by atoms with Crippen molar-refractivity contribution < 1.29 is 9.53 Å². The van der Waals surface area contributed by atoms with Crippen LogP contribution in [0.3, 0.4) is 0 Å². The summed E-state index contributed by atoms with van der Waals surface area (Å²) >= 11 is 0. The van der Waals surface area contributed by atoms with Crippen molar-refractivity contribution in [1.29, 1.82) is 0 Å². The summed E-state index contributed by atoms with van der Waals surface area (Å²) in [5, 5.41) is 11.2. The molecule has 7 nitrogen and oxygen atoms in total. The molecule has 0 radical (unpaired) electrons. The maximum atomic E-state index is 13.1. The first-order chi connectivity index (χ1) is 12.2. The lowest BCUT2D eigenvalue weighted by Crippen LogP contribution is -2.39. The summed E-state index contributed by atoms with van der Waals surface area (Å²) in [5.74, 6) is 1.22. The van der Waals surface area contributed by atoms with Gasteiger partial charge in [-0.3, -0.25) is 4.79 Å². The second kappa shape index (κ2) is 7.63. The molecule has 0 aliphatic carbocycles. The van der Waals surface area contributed by atoms with Crippen LogP contribution < -0.4 is 4.74 Å². The van der Waals surface area contributed by atoms with Crippen LogP contribution in [0.4, 0.5) is 0 Å². The first-order valence-corrected chi connectivity index (χ1v) is 8.88. The Balaban J connectivity index is 1.88. The molecule has 1 aliphatic rings. The van der Waals surface area contributed by atoms with E-state index in [1.807, 2.05) is 11.0 Å². The highest BCUT2D eigenvalue weighted by atomic mass is 16.5. The number of nitrogens with zero attached hydrogens (tertiary/aromatic N) is 5. The summed E-state index contributed by atoms with van der Waals surface area (Å²) in [4.78, 5) is 15.1. The van der Waals surface area contributed by atoms with E-state index in [-0.39, 0.29) is 5.91 Å². The number of hydrogen-bond acceptors (Lipinski definition) is 5. The molecule has 1 aromatic carbocycles. The molecule has 2 atom stereocenters. The van der Waals surface area contributed by atoms with Crippen LogP contribution in [0.1, 0.15) is 49.9 Å². The number of tetrazole rings is 1. The van der Waals surface area contributed by atoms with Gasteiger partial charge in [0.05, 0.1) is 7.11 Å². The summed E-state index contributed by atoms with van der Waals surface area (Å²) in [7, 11) is 1.59. The minimum atomic E-state index is 0.0717. The van der Waals surface area contributed by atoms with Gasteiger partial charge < -0.3 is 9.64 Å². The maximum absolute atomic E-state index is 13.1. The van der Waals surface area contributed by atoms with Gasteiger partial charge >= 0.3 is 0 Å². The van der Waals surface area contributed by atoms with Gasteiger partial charge in [-0.25, -0.2) is 0 Å². The molecule has 0 saturated carbocycles. The summed E-state index contributed by atoms with van der Waals surface area (Å²) < 4.78 is 6.89. The van der Waals surface area contributed by atoms with Gasteiger partial charge in [0.1, 0.15) is 17.8 Å². The fourth-order valence-corrected chi connectivity index (χ4v) is 3.72. The van der Waals surface area contributed by atoms with Crippen molar-refractivity contribution in [2.24, 2.45) is 5.92 Å². The van der Waals surface area contributed by atoms with Gasteiger partial charge in [0.2, 0.25) is 0 Å². The van der Waals surface area contributed by atoms with Crippen molar-refractivity contribution in [2.75, 3.05) is 13.7 Å². The van der Waals surface area contributed by atoms with Crippen molar-refractivity contribution >= 4 is 5.91 Å². The third-order valence-electron chi connectivity index (χ3n) is 4.98. The van der Waals surface area contributed by atoms with Crippen LogP contribution in [-0.2, 0) is 0 Å². The Morgan fingerprint density at radius 1 is 1.44 bits per heavy atom.